The number of phenols is 1. The van der Waals surface area contributed by atoms with Gasteiger partial charge in [0.25, 0.3) is 9.84 Å². The number of alkyl halides is 3. The maximum Gasteiger partial charge on any atom is 0.501 e. The molecule has 0 unspecified atom stereocenters. The summed E-state index contributed by atoms with van der Waals surface area (Å²) in [6.45, 7) is 14.3. The van der Waals surface area contributed by atoms with Crippen molar-refractivity contribution in [2.75, 3.05) is 26.2 Å². The van der Waals surface area contributed by atoms with Gasteiger partial charge < -0.3 is 19.2 Å². The van der Waals surface area contributed by atoms with Gasteiger partial charge in [0.2, 0.25) is 8.32 Å². The highest BCUT2D eigenvalue weighted by atomic mass is 32.2. The first-order valence-electron chi connectivity index (χ1n) is 16.3. The summed E-state index contributed by atoms with van der Waals surface area (Å²) in [4.78, 5) is 15.9. The van der Waals surface area contributed by atoms with E-state index in [1.54, 1.807) is 48.5 Å². The summed E-state index contributed by atoms with van der Waals surface area (Å²) >= 11 is 0.933. The van der Waals surface area contributed by atoms with E-state index < -0.39 is 40.1 Å². The zero-order valence-corrected chi connectivity index (χ0v) is 30.9. The molecule has 1 aromatic heterocycles. The minimum Gasteiger partial charge on any atom is -0.544 e. The van der Waals surface area contributed by atoms with Gasteiger partial charge in [-0.2, -0.15) is 13.2 Å². The molecule has 0 amide bonds. The Kier molecular flexibility index (Phi) is 10.6. The van der Waals surface area contributed by atoms with Gasteiger partial charge in [-0.1, -0.05) is 27.2 Å². The summed E-state index contributed by atoms with van der Waals surface area (Å²) < 4.78 is 77.2. The summed E-state index contributed by atoms with van der Waals surface area (Å²) in [6, 6.07) is 15.0. The number of likely N-dealkylation sites (tertiary alicyclic amines) is 1. The highest BCUT2D eigenvalue weighted by Crippen LogP contribution is 2.46. The molecule has 13 heteroatoms. The van der Waals surface area contributed by atoms with Crippen molar-refractivity contribution in [1.29, 1.82) is 0 Å². The van der Waals surface area contributed by atoms with Crippen LogP contribution in [0.5, 0.6) is 17.2 Å². The van der Waals surface area contributed by atoms with Crippen molar-refractivity contribution in [3.8, 4) is 27.7 Å². The van der Waals surface area contributed by atoms with Gasteiger partial charge in [-0.25, -0.2) is 8.42 Å². The molecular formula is C36H42F3NO6S2Si. The number of ketones is 1. The van der Waals surface area contributed by atoms with Crippen molar-refractivity contribution < 1.29 is 40.7 Å². The van der Waals surface area contributed by atoms with Crippen molar-refractivity contribution in [2.45, 2.75) is 75.0 Å². The van der Waals surface area contributed by atoms with E-state index in [0.29, 0.717) is 34.6 Å². The summed E-state index contributed by atoms with van der Waals surface area (Å²) in [5.41, 5.74) is -4.68. The number of aromatic hydroxyl groups is 1. The third kappa shape index (κ3) is 8.00. The first-order chi connectivity index (χ1) is 22.9. The number of sulfone groups is 1. The second-order valence-corrected chi connectivity index (χ2v) is 21.6. The second-order valence-electron chi connectivity index (χ2n) is 13.9. The molecule has 1 N–H and O–H groups in total. The summed E-state index contributed by atoms with van der Waals surface area (Å²) in [5.74, 6) is 0.00366. The largest absolute Gasteiger partial charge is 0.544 e. The lowest BCUT2D eigenvalue weighted by Gasteiger charge is -2.36. The molecule has 2 heterocycles. The fourth-order valence-corrected chi connectivity index (χ4v) is 8.70. The number of hydrogen-bond acceptors (Lipinski definition) is 8. The van der Waals surface area contributed by atoms with Gasteiger partial charge in [-0.15, -0.1) is 11.3 Å². The predicted molar refractivity (Wildman–Crippen MR) is 190 cm³/mol. The molecule has 1 saturated heterocycles. The number of piperidine rings is 1. The number of ether oxygens (including phenoxy) is 1. The number of carbonyl (C=O) groups is 1. The standard InChI is InChI=1S/C36H42F3NO6S2Si/c1-35(2,3)49(4,5)46-27-16-12-25(13-17-27)34-32(31-29(41)22-28(23-30(31)47-34)48(43,44)36(37,38)39)33(42)24-10-14-26(15-11-24)45-21-9-20-40-18-7-6-8-19-40/h10-17,22-23,41H,6-9,18-21H2,1-5H3. The first kappa shape index (κ1) is 36.9. The molecule has 0 aliphatic carbocycles. The van der Waals surface area contributed by atoms with E-state index in [-0.39, 0.29) is 26.3 Å². The van der Waals surface area contributed by atoms with Crippen LogP contribution in [0.1, 0.15) is 62.4 Å². The third-order valence-electron chi connectivity index (χ3n) is 9.33. The van der Waals surface area contributed by atoms with Crippen LogP contribution in [0, 0.1) is 0 Å². The van der Waals surface area contributed by atoms with Gasteiger partial charge in [0.1, 0.15) is 17.2 Å². The molecular weight excluding hydrogens is 692 g/mol. The molecule has 0 saturated carbocycles. The maximum atomic E-state index is 14.2. The van der Waals surface area contributed by atoms with E-state index in [9.17, 15) is 31.5 Å². The number of nitrogens with zero attached hydrogens (tertiary/aromatic N) is 1. The average molecular weight is 734 g/mol. The molecule has 1 aliphatic rings. The van der Waals surface area contributed by atoms with Crippen LogP contribution in [0.3, 0.4) is 0 Å². The quantitative estimate of drug-likeness (QED) is 0.0933. The normalized spacial score (nSPS) is 15.0. The molecule has 4 aromatic rings. The topological polar surface area (TPSA) is 93.1 Å². The summed E-state index contributed by atoms with van der Waals surface area (Å²) in [7, 11) is -7.91. The number of halogens is 3. The van der Waals surface area contributed by atoms with Crippen LogP contribution >= 0.6 is 11.3 Å². The Morgan fingerprint density at radius 1 is 0.939 bits per heavy atom. The van der Waals surface area contributed by atoms with E-state index in [1.807, 2.05) is 0 Å². The number of benzene rings is 3. The van der Waals surface area contributed by atoms with E-state index in [4.69, 9.17) is 9.16 Å². The molecule has 5 rings (SSSR count). The van der Waals surface area contributed by atoms with Crippen molar-refractivity contribution in [1.82, 2.24) is 4.90 Å². The van der Waals surface area contributed by atoms with Crippen molar-refractivity contribution >= 4 is 45.4 Å². The Bertz CT molecular complexity index is 1910. The van der Waals surface area contributed by atoms with Gasteiger partial charge in [-0.3, -0.25) is 4.79 Å². The average Bonchev–Trinajstić information content (AvgIpc) is 3.43. The van der Waals surface area contributed by atoms with Gasteiger partial charge in [0.15, 0.2) is 5.78 Å². The van der Waals surface area contributed by atoms with Crippen molar-refractivity contribution in [2.24, 2.45) is 0 Å². The number of carbonyl (C=O) groups excluding carboxylic acids is 1. The fourth-order valence-electron chi connectivity index (χ4n) is 5.52. The summed E-state index contributed by atoms with van der Waals surface area (Å²) in [6.07, 6.45) is 4.59. The third-order valence-corrected chi connectivity index (χ3v) is 16.3. The highest BCUT2D eigenvalue weighted by Gasteiger charge is 2.47. The predicted octanol–water partition coefficient (Wildman–Crippen LogP) is 9.44. The number of hydrogen-bond donors (Lipinski definition) is 1. The Hall–Kier alpha value is -3.39. The lowest BCUT2D eigenvalue weighted by atomic mass is 9.97. The zero-order chi connectivity index (χ0) is 35.8. The number of rotatable bonds is 11. The van der Waals surface area contributed by atoms with E-state index in [1.165, 1.54) is 19.3 Å². The van der Waals surface area contributed by atoms with Crippen LogP contribution in [-0.2, 0) is 9.84 Å². The van der Waals surface area contributed by atoms with Crippen LogP contribution in [0.2, 0.25) is 18.1 Å². The lowest BCUT2D eigenvalue weighted by molar-refractivity contribution is -0.0436. The molecule has 1 fully saturated rings. The van der Waals surface area contributed by atoms with Crippen LogP contribution in [-0.4, -0.2) is 64.3 Å². The monoisotopic (exact) mass is 733 g/mol. The number of thiophene rings is 1. The SMILES string of the molecule is CC(C)(C)[Si](C)(C)Oc1ccc(-c2sc3cc(S(=O)(=O)C(F)(F)F)cc(O)c3c2C(=O)c2ccc(OCCCN3CCCCC3)cc2)cc1. The fraction of sp³-hybridized carbons (Fsp3) is 0.417. The summed E-state index contributed by atoms with van der Waals surface area (Å²) in [5, 5.41) is 10.9. The van der Waals surface area contributed by atoms with Gasteiger partial charge in [-0.05, 0) is 117 Å². The van der Waals surface area contributed by atoms with Crippen molar-refractivity contribution in [3.05, 3.63) is 71.8 Å². The highest BCUT2D eigenvalue weighted by molar-refractivity contribution is 7.92. The van der Waals surface area contributed by atoms with Gasteiger partial charge >= 0.3 is 5.51 Å². The molecule has 49 heavy (non-hydrogen) atoms. The van der Waals surface area contributed by atoms with E-state index in [2.05, 4.69) is 38.8 Å². The minimum absolute atomic E-state index is 0.0224. The lowest BCUT2D eigenvalue weighted by Crippen LogP contribution is -2.43. The first-order valence-corrected chi connectivity index (χ1v) is 21.5. The van der Waals surface area contributed by atoms with E-state index >= 15 is 0 Å². The Morgan fingerprint density at radius 3 is 2.14 bits per heavy atom. The molecule has 264 valence electrons. The number of phenolic OH excluding ortho intramolecular Hbond substituents is 1. The Balaban J connectivity index is 1.48. The molecule has 7 nitrogen and oxygen atoms in total. The van der Waals surface area contributed by atoms with Crippen LogP contribution in [0.4, 0.5) is 13.2 Å². The van der Waals surface area contributed by atoms with Gasteiger partial charge in [0, 0.05) is 27.1 Å². The smallest absolute Gasteiger partial charge is 0.501 e. The molecule has 0 bridgehead atoms. The van der Waals surface area contributed by atoms with E-state index in [0.717, 1.165) is 43.5 Å². The van der Waals surface area contributed by atoms with Crippen molar-refractivity contribution in [3.63, 3.8) is 0 Å². The minimum atomic E-state index is -5.75. The molecule has 0 atom stereocenters. The number of fused-ring (bicyclic) bond motifs is 1. The second kappa shape index (κ2) is 14.1. The molecule has 0 radical (unpaired) electrons. The molecule has 0 spiro atoms. The Labute approximate surface area is 290 Å². The van der Waals surface area contributed by atoms with Crippen LogP contribution in [0.25, 0.3) is 20.5 Å². The molecule has 3 aromatic carbocycles. The maximum absolute atomic E-state index is 14.2. The van der Waals surface area contributed by atoms with Crippen LogP contribution in [0.15, 0.2) is 65.6 Å². The zero-order valence-electron chi connectivity index (χ0n) is 28.3. The van der Waals surface area contributed by atoms with Crippen LogP contribution < -0.4 is 9.16 Å². The molecule has 1 aliphatic heterocycles. The van der Waals surface area contributed by atoms with Gasteiger partial charge in [0.05, 0.1) is 17.1 Å². The Morgan fingerprint density at radius 2 is 1.55 bits per heavy atom.